The number of amides is 1. The second-order valence-electron chi connectivity index (χ2n) is 9.18. The van der Waals surface area contributed by atoms with Gasteiger partial charge in [0.15, 0.2) is 0 Å². The number of aryl methyl sites for hydroxylation is 4. The molecule has 2 aromatic rings. The van der Waals surface area contributed by atoms with Crippen LogP contribution >= 0.6 is 0 Å². The van der Waals surface area contributed by atoms with Crippen molar-refractivity contribution in [2.45, 2.75) is 64.2 Å². The van der Waals surface area contributed by atoms with E-state index in [1.165, 1.54) is 47.9 Å². The molecule has 5 rings (SSSR count). The Bertz CT molecular complexity index is 1160. The lowest BCUT2D eigenvalue weighted by atomic mass is 9.87. The van der Waals surface area contributed by atoms with Crippen LogP contribution in [0, 0.1) is 0 Å². The van der Waals surface area contributed by atoms with E-state index in [0.29, 0.717) is 12.0 Å². The lowest BCUT2D eigenvalue weighted by Crippen LogP contribution is -2.17. The summed E-state index contributed by atoms with van der Waals surface area (Å²) in [6, 6.07) is 12.9. The van der Waals surface area contributed by atoms with E-state index >= 15 is 0 Å². The molecule has 0 fully saturated rings. The van der Waals surface area contributed by atoms with Gasteiger partial charge in [0.2, 0.25) is 0 Å². The van der Waals surface area contributed by atoms with Crippen molar-refractivity contribution in [3.05, 3.63) is 81.4 Å². The first kappa shape index (κ1) is 20.7. The van der Waals surface area contributed by atoms with E-state index < -0.39 is 5.97 Å². The molecule has 3 aliphatic rings. The van der Waals surface area contributed by atoms with Crippen molar-refractivity contribution in [1.82, 2.24) is 5.32 Å². The Kier molecular flexibility index (Phi) is 5.69. The largest absolute Gasteiger partial charge is 0.481 e. The van der Waals surface area contributed by atoms with Gasteiger partial charge in [-0.05, 0) is 109 Å². The molecule has 1 aliphatic heterocycles. The summed E-state index contributed by atoms with van der Waals surface area (Å²) in [5.41, 5.74) is 9.73. The van der Waals surface area contributed by atoms with Crippen LogP contribution in [0.15, 0.2) is 48.0 Å². The van der Waals surface area contributed by atoms with Crippen molar-refractivity contribution >= 4 is 23.1 Å². The summed E-state index contributed by atoms with van der Waals surface area (Å²) in [7, 11) is 0. The number of fused-ring (bicyclic) bond motifs is 2. The Balaban J connectivity index is 1.55. The summed E-state index contributed by atoms with van der Waals surface area (Å²) >= 11 is 0. The lowest BCUT2D eigenvalue weighted by Gasteiger charge is -2.18. The fourth-order valence-corrected chi connectivity index (χ4v) is 5.30. The number of nitrogens with one attached hydrogen (secondary N) is 1. The molecule has 32 heavy (non-hydrogen) atoms. The predicted octanol–water partition coefficient (Wildman–Crippen LogP) is 5.23. The molecule has 0 radical (unpaired) electrons. The topological polar surface area (TPSA) is 66.4 Å². The number of rotatable bonds is 5. The maximum atomic E-state index is 13.0. The number of allylic oxidation sites excluding steroid dienone is 1. The van der Waals surface area contributed by atoms with Crippen LogP contribution in [0.4, 0.5) is 0 Å². The minimum atomic E-state index is -0.849. The molecular formula is C28H29NO3. The van der Waals surface area contributed by atoms with E-state index in [9.17, 15) is 14.7 Å². The van der Waals surface area contributed by atoms with Gasteiger partial charge in [-0.25, -0.2) is 0 Å². The number of hydrogen-bond acceptors (Lipinski definition) is 2. The molecule has 2 aromatic carbocycles. The molecule has 2 aliphatic carbocycles. The number of carbonyl (C=O) groups excluding carboxylic acids is 1. The van der Waals surface area contributed by atoms with E-state index in [0.717, 1.165) is 48.1 Å². The number of benzene rings is 2. The van der Waals surface area contributed by atoms with Gasteiger partial charge in [-0.2, -0.15) is 0 Å². The van der Waals surface area contributed by atoms with Gasteiger partial charge in [-0.3, -0.25) is 9.59 Å². The quantitative estimate of drug-likeness (QED) is 0.642. The zero-order valence-electron chi connectivity index (χ0n) is 18.4. The molecule has 4 nitrogen and oxygen atoms in total. The maximum absolute atomic E-state index is 13.0. The van der Waals surface area contributed by atoms with Gasteiger partial charge < -0.3 is 10.4 Å². The second kappa shape index (κ2) is 8.78. The first-order chi connectivity index (χ1) is 15.6. The van der Waals surface area contributed by atoms with Gasteiger partial charge >= 0.3 is 5.97 Å². The summed E-state index contributed by atoms with van der Waals surface area (Å²) in [5.74, 6) is -0.991. The van der Waals surface area contributed by atoms with E-state index in [-0.39, 0.29) is 12.3 Å². The monoisotopic (exact) mass is 427 g/mol. The van der Waals surface area contributed by atoms with Crippen molar-refractivity contribution in [2.24, 2.45) is 0 Å². The van der Waals surface area contributed by atoms with Crippen LogP contribution in [0.1, 0.15) is 71.9 Å². The molecular weight excluding hydrogens is 398 g/mol. The van der Waals surface area contributed by atoms with Gasteiger partial charge in [0, 0.05) is 17.7 Å². The summed E-state index contributed by atoms with van der Waals surface area (Å²) in [4.78, 5) is 24.4. The highest BCUT2D eigenvalue weighted by Crippen LogP contribution is 2.34. The third-order valence-corrected chi connectivity index (χ3v) is 7.05. The normalized spacial score (nSPS) is 19.0. The van der Waals surface area contributed by atoms with Crippen LogP contribution in [0.5, 0.6) is 0 Å². The first-order valence-corrected chi connectivity index (χ1v) is 11.8. The summed E-state index contributed by atoms with van der Waals surface area (Å²) < 4.78 is 0. The molecule has 0 aromatic heterocycles. The number of carboxylic acids is 1. The summed E-state index contributed by atoms with van der Waals surface area (Å²) in [6.07, 6.45) is 11.5. The predicted molar refractivity (Wildman–Crippen MR) is 126 cm³/mol. The maximum Gasteiger partial charge on any atom is 0.303 e. The Morgan fingerprint density at radius 3 is 2.12 bits per heavy atom. The lowest BCUT2D eigenvalue weighted by molar-refractivity contribution is -0.136. The van der Waals surface area contributed by atoms with E-state index in [2.05, 4.69) is 41.7 Å². The highest BCUT2D eigenvalue weighted by atomic mass is 16.4. The van der Waals surface area contributed by atoms with Crippen molar-refractivity contribution in [3.63, 3.8) is 0 Å². The van der Waals surface area contributed by atoms with Crippen molar-refractivity contribution in [3.8, 4) is 0 Å². The minimum absolute atomic E-state index is 0.00518. The third-order valence-electron chi connectivity index (χ3n) is 7.05. The Hall–Kier alpha value is -3.14. The highest BCUT2D eigenvalue weighted by Gasteiger charge is 2.25. The van der Waals surface area contributed by atoms with Gasteiger partial charge in [0.05, 0.1) is 0 Å². The molecule has 0 spiro atoms. The second-order valence-corrected chi connectivity index (χ2v) is 9.18. The van der Waals surface area contributed by atoms with Crippen molar-refractivity contribution < 1.29 is 14.7 Å². The zero-order chi connectivity index (χ0) is 22.1. The molecule has 1 heterocycles. The van der Waals surface area contributed by atoms with Gasteiger partial charge in [0.1, 0.15) is 0 Å². The van der Waals surface area contributed by atoms with Gasteiger partial charge in [0.25, 0.3) is 5.91 Å². The fourth-order valence-electron chi connectivity index (χ4n) is 5.30. The molecule has 0 atom stereocenters. The molecule has 0 unspecified atom stereocenters. The number of hydrogen-bond donors (Lipinski definition) is 2. The minimum Gasteiger partial charge on any atom is -0.481 e. The van der Waals surface area contributed by atoms with Crippen molar-refractivity contribution in [2.75, 3.05) is 0 Å². The zero-order valence-corrected chi connectivity index (χ0v) is 18.4. The fraction of sp³-hybridized carbons (Fsp3) is 0.357. The Labute approximate surface area is 189 Å². The summed E-state index contributed by atoms with van der Waals surface area (Å²) in [6.45, 7) is 0. The molecule has 4 heteroatoms. The highest BCUT2D eigenvalue weighted by molar-refractivity contribution is 6.13. The smallest absolute Gasteiger partial charge is 0.303 e. The van der Waals surface area contributed by atoms with Crippen LogP contribution in [0.2, 0.25) is 0 Å². The number of carboxylic acid groups (broad SMARTS) is 1. The van der Waals surface area contributed by atoms with Crippen LogP contribution < -0.4 is 5.32 Å². The van der Waals surface area contributed by atoms with Gasteiger partial charge in [-0.15, -0.1) is 0 Å². The standard InChI is InChI=1S/C28H29NO3/c30-27(31)14-13-24(22-11-9-18-5-1-3-7-20(18)15-22)25-17-26(29-28(25)32)23-12-10-19-6-2-4-8-21(19)16-23/h9-12,15-17H,1-8,13-14H2,(H,29,32)(H,30,31)/b25-24-. The van der Waals surface area contributed by atoms with Gasteiger partial charge in [-0.1, -0.05) is 30.3 Å². The third kappa shape index (κ3) is 4.14. The number of aliphatic carboxylic acids is 1. The van der Waals surface area contributed by atoms with Crippen LogP contribution in [-0.2, 0) is 35.3 Å². The summed E-state index contributed by atoms with van der Waals surface area (Å²) in [5, 5.41) is 12.4. The van der Waals surface area contributed by atoms with Crippen LogP contribution in [-0.4, -0.2) is 17.0 Å². The molecule has 1 amide bonds. The van der Waals surface area contributed by atoms with E-state index in [1.807, 2.05) is 6.08 Å². The van der Waals surface area contributed by atoms with Crippen molar-refractivity contribution in [1.29, 1.82) is 0 Å². The average Bonchev–Trinajstić information content (AvgIpc) is 3.20. The van der Waals surface area contributed by atoms with Crippen LogP contribution in [0.25, 0.3) is 11.3 Å². The molecule has 164 valence electrons. The molecule has 0 bridgehead atoms. The molecule has 0 saturated heterocycles. The Morgan fingerprint density at radius 2 is 1.44 bits per heavy atom. The first-order valence-electron chi connectivity index (χ1n) is 11.8. The van der Waals surface area contributed by atoms with E-state index in [1.54, 1.807) is 0 Å². The Morgan fingerprint density at radius 1 is 0.812 bits per heavy atom. The SMILES string of the molecule is O=C(O)CC/C(=C1\C=C(c2ccc3c(c2)CCCC3)NC1=O)c1ccc2c(c1)CCCC2. The number of carbonyl (C=O) groups is 2. The molecule has 0 saturated carbocycles. The van der Waals surface area contributed by atoms with E-state index in [4.69, 9.17) is 0 Å². The molecule has 2 N–H and O–H groups in total. The average molecular weight is 428 g/mol. The van der Waals surface area contributed by atoms with Crippen LogP contribution in [0.3, 0.4) is 0 Å².